The maximum Gasteiger partial charge on any atom is 0.283 e. The molecule has 1 rings (SSSR count). The van der Waals surface area contributed by atoms with Crippen LogP contribution in [0.15, 0.2) is 18.2 Å². The summed E-state index contributed by atoms with van der Waals surface area (Å²) >= 11 is 5.69. The molecule has 104 valence electrons. The molecule has 0 saturated heterocycles. The van der Waals surface area contributed by atoms with Gasteiger partial charge in [0.1, 0.15) is 5.56 Å². The van der Waals surface area contributed by atoms with Crippen LogP contribution in [-0.2, 0) is 0 Å². The Morgan fingerprint density at radius 1 is 1.53 bits per heavy atom. The van der Waals surface area contributed by atoms with Gasteiger partial charge in [0.25, 0.3) is 11.6 Å². The zero-order chi connectivity index (χ0) is 14.6. The number of amides is 1. The zero-order valence-corrected chi connectivity index (χ0v) is 11.5. The van der Waals surface area contributed by atoms with Gasteiger partial charge in [0, 0.05) is 23.7 Å². The lowest BCUT2D eigenvalue weighted by atomic mass is 10.0. The molecule has 1 aromatic rings. The number of hydrogen-bond donors (Lipinski definition) is 2. The fraction of sp³-hybridized carbons (Fsp3) is 0.417. The first-order valence-electron chi connectivity index (χ1n) is 5.81. The Balaban J connectivity index is 3.03. The first kappa shape index (κ1) is 15.4. The number of nitrogens with two attached hydrogens (primary N) is 1. The van der Waals surface area contributed by atoms with E-state index in [1.54, 1.807) is 0 Å². The Kier molecular flexibility index (Phi) is 5.26. The first-order chi connectivity index (χ1) is 8.86. The number of nitrogens with zero attached hydrogens (tertiary/aromatic N) is 1. The number of nitrogens with one attached hydrogen (secondary N) is 1. The van der Waals surface area contributed by atoms with Crippen molar-refractivity contribution in [1.82, 2.24) is 5.32 Å². The molecule has 19 heavy (non-hydrogen) atoms. The van der Waals surface area contributed by atoms with Crippen LogP contribution in [0, 0.1) is 16.0 Å². The molecular weight excluding hydrogens is 270 g/mol. The minimum Gasteiger partial charge on any atom is -0.348 e. The molecule has 0 aliphatic heterocycles. The molecule has 1 atom stereocenters. The average molecular weight is 286 g/mol. The molecule has 1 unspecified atom stereocenters. The van der Waals surface area contributed by atoms with E-state index < -0.39 is 10.8 Å². The quantitative estimate of drug-likeness (QED) is 0.638. The normalized spacial score (nSPS) is 12.3. The van der Waals surface area contributed by atoms with Gasteiger partial charge in [-0.25, -0.2) is 0 Å². The van der Waals surface area contributed by atoms with Crippen molar-refractivity contribution in [3.8, 4) is 0 Å². The Morgan fingerprint density at radius 2 is 2.16 bits per heavy atom. The van der Waals surface area contributed by atoms with Crippen molar-refractivity contribution in [3.63, 3.8) is 0 Å². The molecule has 3 N–H and O–H groups in total. The standard InChI is InChI=1S/C12H16ClN3O3/c1-7(2)10(6-14)15-12(17)9-4-3-8(13)5-11(9)16(18)19/h3-5,7,10H,6,14H2,1-2H3,(H,15,17). The lowest BCUT2D eigenvalue weighted by molar-refractivity contribution is -0.385. The maximum absolute atomic E-state index is 12.0. The fourth-order valence-corrected chi connectivity index (χ4v) is 1.76. The second-order valence-electron chi connectivity index (χ2n) is 4.48. The number of nitro groups is 1. The van der Waals surface area contributed by atoms with Gasteiger partial charge < -0.3 is 11.1 Å². The molecule has 0 fully saturated rings. The molecule has 0 heterocycles. The van der Waals surface area contributed by atoms with Crippen LogP contribution in [0.1, 0.15) is 24.2 Å². The number of halogens is 1. The molecule has 0 aliphatic rings. The smallest absolute Gasteiger partial charge is 0.283 e. The lowest BCUT2D eigenvalue weighted by Crippen LogP contribution is -2.43. The molecule has 0 bridgehead atoms. The van der Waals surface area contributed by atoms with Crippen LogP contribution in [-0.4, -0.2) is 23.4 Å². The molecule has 1 amide bonds. The van der Waals surface area contributed by atoms with E-state index in [4.69, 9.17) is 17.3 Å². The number of benzene rings is 1. The summed E-state index contributed by atoms with van der Waals surface area (Å²) in [5.74, 6) is -0.382. The van der Waals surface area contributed by atoms with E-state index in [2.05, 4.69) is 5.32 Å². The number of nitro benzene ring substituents is 1. The Bertz CT molecular complexity index is 491. The van der Waals surface area contributed by atoms with E-state index >= 15 is 0 Å². The maximum atomic E-state index is 12.0. The highest BCUT2D eigenvalue weighted by molar-refractivity contribution is 6.31. The van der Waals surface area contributed by atoms with Gasteiger partial charge in [-0.1, -0.05) is 25.4 Å². The summed E-state index contributed by atoms with van der Waals surface area (Å²) in [6.07, 6.45) is 0. The van der Waals surface area contributed by atoms with E-state index in [9.17, 15) is 14.9 Å². The summed E-state index contributed by atoms with van der Waals surface area (Å²) in [4.78, 5) is 22.3. The molecule has 0 spiro atoms. The highest BCUT2D eigenvalue weighted by Gasteiger charge is 2.23. The summed E-state index contributed by atoms with van der Waals surface area (Å²) in [6, 6.07) is 3.70. The van der Waals surface area contributed by atoms with Gasteiger partial charge in [-0.3, -0.25) is 14.9 Å². The number of rotatable bonds is 5. The van der Waals surface area contributed by atoms with Gasteiger partial charge in [-0.05, 0) is 18.1 Å². The van der Waals surface area contributed by atoms with Gasteiger partial charge in [-0.2, -0.15) is 0 Å². The fourth-order valence-electron chi connectivity index (χ4n) is 1.59. The molecular formula is C12H16ClN3O3. The number of carbonyl (C=O) groups excluding carboxylic acids is 1. The summed E-state index contributed by atoms with van der Waals surface area (Å²) in [7, 11) is 0. The van der Waals surface area contributed by atoms with E-state index in [0.717, 1.165) is 6.07 Å². The molecule has 1 aromatic carbocycles. The van der Waals surface area contributed by atoms with Crippen LogP contribution in [0.25, 0.3) is 0 Å². The monoisotopic (exact) mass is 285 g/mol. The second-order valence-corrected chi connectivity index (χ2v) is 4.91. The molecule has 7 heteroatoms. The number of carbonyl (C=O) groups is 1. The van der Waals surface area contributed by atoms with Crippen LogP contribution in [0.4, 0.5) is 5.69 Å². The highest BCUT2D eigenvalue weighted by Crippen LogP contribution is 2.23. The lowest BCUT2D eigenvalue weighted by Gasteiger charge is -2.20. The third-order valence-corrected chi connectivity index (χ3v) is 3.01. The minimum absolute atomic E-state index is 0.0199. The third-order valence-electron chi connectivity index (χ3n) is 2.78. The third kappa shape index (κ3) is 3.90. The Hall–Kier alpha value is -1.66. The topological polar surface area (TPSA) is 98.3 Å². The molecule has 6 nitrogen and oxygen atoms in total. The van der Waals surface area contributed by atoms with Crippen molar-refractivity contribution in [2.75, 3.05) is 6.54 Å². The summed E-state index contributed by atoms with van der Waals surface area (Å²) in [5, 5.41) is 13.8. The zero-order valence-electron chi connectivity index (χ0n) is 10.7. The molecule has 0 aromatic heterocycles. The van der Waals surface area contributed by atoms with Gasteiger partial charge >= 0.3 is 0 Å². The van der Waals surface area contributed by atoms with Gasteiger partial charge in [0.05, 0.1) is 4.92 Å². The van der Waals surface area contributed by atoms with Crippen LogP contribution in [0.2, 0.25) is 5.02 Å². The largest absolute Gasteiger partial charge is 0.348 e. The van der Waals surface area contributed by atoms with Crippen molar-refractivity contribution < 1.29 is 9.72 Å². The summed E-state index contributed by atoms with van der Waals surface area (Å²) in [5.41, 5.74) is 5.22. The van der Waals surface area contributed by atoms with Gasteiger partial charge in [0.15, 0.2) is 0 Å². The van der Waals surface area contributed by atoms with Crippen molar-refractivity contribution in [3.05, 3.63) is 38.9 Å². The van der Waals surface area contributed by atoms with Crippen LogP contribution < -0.4 is 11.1 Å². The van der Waals surface area contributed by atoms with E-state index in [1.807, 2.05) is 13.8 Å². The minimum atomic E-state index is -0.631. The predicted molar refractivity (Wildman–Crippen MR) is 73.3 cm³/mol. The van der Waals surface area contributed by atoms with Crippen LogP contribution in [0.5, 0.6) is 0 Å². The van der Waals surface area contributed by atoms with Crippen molar-refractivity contribution >= 4 is 23.2 Å². The van der Waals surface area contributed by atoms with Crippen molar-refractivity contribution in [1.29, 1.82) is 0 Å². The number of hydrogen-bond acceptors (Lipinski definition) is 4. The average Bonchev–Trinajstić information content (AvgIpc) is 2.34. The van der Waals surface area contributed by atoms with Crippen LogP contribution >= 0.6 is 11.6 Å². The van der Waals surface area contributed by atoms with E-state index in [0.29, 0.717) is 0 Å². The highest BCUT2D eigenvalue weighted by atomic mass is 35.5. The van der Waals surface area contributed by atoms with Gasteiger partial charge in [0.2, 0.25) is 0 Å². The summed E-state index contributed by atoms with van der Waals surface area (Å²) in [6.45, 7) is 4.09. The predicted octanol–water partition coefficient (Wildman–Crippen LogP) is 1.96. The van der Waals surface area contributed by atoms with Crippen molar-refractivity contribution in [2.45, 2.75) is 19.9 Å². The van der Waals surface area contributed by atoms with Crippen LogP contribution in [0.3, 0.4) is 0 Å². The summed E-state index contributed by atoms with van der Waals surface area (Å²) < 4.78 is 0. The second kappa shape index (κ2) is 6.49. The van der Waals surface area contributed by atoms with E-state index in [-0.39, 0.29) is 34.8 Å². The van der Waals surface area contributed by atoms with Crippen molar-refractivity contribution in [2.24, 2.45) is 11.7 Å². The SMILES string of the molecule is CC(C)C(CN)NC(=O)c1ccc(Cl)cc1[N+](=O)[O-]. The molecule has 0 radical (unpaired) electrons. The molecule has 0 saturated carbocycles. The first-order valence-corrected chi connectivity index (χ1v) is 6.19. The molecule has 0 aliphatic carbocycles. The van der Waals surface area contributed by atoms with E-state index in [1.165, 1.54) is 12.1 Å². The Labute approximate surface area is 116 Å². The van der Waals surface area contributed by atoms with Gasteiger partial charge in [-0.15, -0.1) is 0 Å². The Morgan fingerprint density at radius 3 is 2.63 bits per heavy atom.